The van der Waals surface area contributed by atoms with Crippen LogP contribution in [-0.4, -0.2) is 59.6 Å². The van der Waals surface area contributed by atoms with E-state index in [2.05, 4.69) is 29.6 Å². The van der Waals surface area contributed by atoms with E-state index in [1.165, 1.54) is 4.90 Å². The van der Waals surface area contributed by atoms with Crippen LogP contribution in [0.4, 0.5) is 9.59 Å². The zero-order chi connectivity index (χ0) is 22.2. The maximum Gasteiger partial charge on any atom is 0.409 e. The van der Waals surface area contributed by atoms with Gasteiger partial charge < -0.3 is 24.8 Å². The van der Waals surface area contributed by atoms with Crippen molar-refractivity contribution < 1.29 is 24.2 Å². The number of aliphatic hydroxyl groups is 1. The number of alkyl carbamates (subject to hydrolysis) is 1. The number of benzene rings is 2. The number of hydrogen-bond donors (Lipinski definition) is 2. The van der Waals surface area contributed by atoms with Gasteiger partial charge in [0.25, 0.3) is 0 Å². The third-order valence-corrected chi connectivity index (χ3v) is 5.59. The van der Waals surface area contributed by atoms with E-state index >= 15 is 0 Å². The summed E-state index contributed by atoms with van der Waals surface area (Å²) in [7, 11) is 0. The predicted molar refractivity (Wildman–Crippen MR) is 116 cm³/mol. The molecule has 0 spiro atoms. The molecule has 1 heterocycles. The van der Waals surface area contributed by atoms with Crippen LogP contribution in [0.3, 0.4) is 0 Å². The number of amides is 2. The highest BCUT2D eigenvalue weighted by atomic mass is 16.6. The average molecular weight is 424 g/mol. The van der Waals surface area contributed by atoms with Crippen LogP contribution in [0.2, 0.25) is 0 Å². The molecule has 1 saturated heterocycles. The van der Waals surface area contributed by atoms with Crippen LogP contribution in [0.15, 0.2) is 48.5 Å². The van der Waals surface area contributed by atoms with Crippen molar-refractivity contribution in [3.8, 4) is 11.1 Å². The molecule has 1 fully saturated rings. The normalized spacial score (nSPS) is 20.2. The number of carbonyl (C=O) groups excluding carboxylic acids is 2. The van der Waals surface area contributed by atoms with Crippen LogP contribution in [0.25, 0.3) is 11.1 Å². The van der Waals surface area contributed by atoms with Gasteiger partial charge in [0.05, 0.1) is 18.7 Å². The van der Waals surface area contributed by atoms with Gasteiger partial charge in [-0.2, -0.15) is 0 Å². The summed E-state index contributed by atoms with van der Waals surface area (Å²) in [5.74, 6) is -0.0282. The molecule has 1 aliphatic heterocycles. The van der Waals surface area contributed by atoms with Gasteiger partial charge in [0.1, 0.15) is 12.2 Å². The van der Waals surface area contributed by atoms with Crippen LogP contribution >= 0.6 is 0 Å². The van der Waals surface area contributed by atoms with Crippen molar-refractivity contribution in [3.05, 3.63) is 59.7 Å². The summed E-state index contributed by atoms with van der Waals surface area (Å²) in [4.78, 5) is 26.1. The van der Waals surface area contributed by atoms with Gasteiger partial charge in [-0.05, 0) is 43.0 Å². The Morgan fingerprint density at radius 3 is 2.19 bits per heavy atom. The molecule has 0 bridgehead atoms. The molecular formula is C24H28N2O5. The number of rotatable bonds is 3. The topological polar surface area (TPSA) is 88.1 Å². The number of likely N-dealkylation sites (tertiary alicyclic amines) is 1. The lowest BCUT2D eigenvalue weighted by atomic mass is 9.98. The fourth-order valence-corrected chi connectivity index (χ4v) is 4.22. The zero-order valence-corrected chi connectivity index (χ0v) is 18.0. The molecule has 0 saturated carbocycles. The number of aliphatic hydroxyl groups excluding tert-OH is 1. The Hall–Kier alpha value is -3.06. The fraction of sp³-hybridized carbons (Fsp3) is 0.417. The molecule has 0 unspecified atom stereocenters. The molecule has 4 rings (SSSR count). The van der Waals surface area contributed by atoms with Crippen molar-refractivity contribution in [2.75, 3.05) is 19.7 Å². The highest BCUT2D eigenvalue weighted by Gasteiger charge is 2.37. The number of nitrogens with one attached hydrogen (secondary N) is 1. The lowest BCUT2D eigenvalue weighted by molar-refractivity contribution is 0.0461. The number of ether oxygens (including phenoxy) is 2. The van der Waals surface area contributed by atoms with E-state index < -0.39 is 29.9 Å². The fourth-order valence-electron chi connectivity index (χ4n) is 4.22. The molecule has 31 heavy (non-hydrogen) atoms. The summed E-state index contributed by atoms with van der Waals surface area (Å²) in [6, 6.07) is 15.7. The van der Waals surface area contributed by atoms with E-state index in [0.29, 0.717) is 0 Å². The standard InChI is InChI=1S/C24H28N2O5/c1-24(2,3)31-22(28)25-20-12-26(13-21(20)27)23(29)30-14-19-17-10-6-4-8-15(17)16-9-5-7-11-18(16)19/h4-11,19-21,27H,12-14H2,1-3H3,(H,25,28)/t20-,21-/m1/s1. The Morgan fingerprint density at radius 2 is 1.61 bits per heavy atom. The molecular weight excluding hydrogens is 396 g/mol. The molecule has 2 aromatic rings. The van der Waals surface area contributed by atoms with Gasteiger partial charge in [-0.3, -0.25) is 0 Å². The van der Waals surface area contributed by atoms with Gasteiger partial charge in [-0.15, -0.1) is 0 Å². The molecule has 2 N–H and O–H groups in total. The van der Waals surface area contributed by atoms with Crippen molar-refractivity contribution in [2.45, 2.75) is 44.4 Å². The van der Waals surface area contributed by atoms with Crippen LogP contribution in [0.5, 0.6) is 0 Å². The molecule has 2 aliphatic rings. The second-order valence-corrected chi connectivity index (χ2v) is 9.03. The predicted octanol–water partition coefficient (Wildman–Crippen LogP) is 3.51. The first-order chi connectivity index (χ1) is 14.7. The van der Waals surface area contributed by atoms with E-state index in [0.717, 1.165) is 22.3 Å². The minimum Gasteiger partial charge on any atom is -0.448 e. The van der Waals surface area contributed by atoms with Crippen molar-refractivity contribution in [1.82, 2.24) is 10.2 Å². The molecule has 0 radical (unpaired) electrons. The first kappa shape index (κ1) is 21.2. The minimum absolute atomic E-state index is 0.0282. The van der Waals surface area contributed by atoms with Gasteiger partial charge in [0.15, 0.2) is 0 Å². The molecule has 164 valence electrons. The minimum atomic E-state index is -0.881. The number of carbonyl (C=O) groups is 2. The summed E-state index contributed by atoms with van der Waals surface area (Å²) in [6.07, 6.45) is -2.01. The summed E-state index contributed by atoms with van der Waals surface area (Å²) in [5.41, 5.74) is 3.97. The van der Waals surface area contributed by atoms with E-state index in [4.69, 9.17) is 9.47 Å². The maximum atomic E-state index is 12.7. The molecule has 2 atom stereocenters. The average Bonchev–Trinajstić information content (AvgIpc) is 3.23. The van der Waals surface area contributed by atoms with Gasteiger partial charge in [0.2, 0.25) is 0 Å². The van der Waals surface area contributed by atoms with Crippen LogP contribution in [0.1, 0.15) is 37.8 Å². The Balaban J connectivity index is 1.37. The van der Waals surface area contributed by atoms with Crippen molar-refractivity contribution in [1.29, 1.82) is 0 Å². The second kappa shape index (κ2) is 8.23. The Bertz CT molecular complexity index is 938. The van der Waals surface area contributed by atoms with Crippen LogP contribution in [-0.2, 0) is 9.47 Å². The summed E-state index contributed by atoms with van der Waals surface area (Å²) in [5, 5.41) is 12.9. The summed E-state index contributed by atoms with van der Waals surface area (Å²) >= 11 is 0. The smallest absolute Gasteiger partial charge is 0.409 e. The molecule has 2 aromatic carbocycles. The Labute approximate surface area is 182 Å². The monoisotopic (exact) mass is 424 g/mol. The quantitative estimate of drug-likeness (QED) is 0.787. The molecule has 7 nitrogen and oxygen atoms in total. The molecule has 1 aliphatic carbocycles. The lowest BCUT2D eigenvalue weighted by Gasteiger charge is -2.22. The third kappa shape index (κ3) is 4.51. The molecule has 2 amide bonds. The van der Waals surface area contributed by atoms with Gasteiger partial charge >= 0.3 is 12.2 Å². The van der Waals surface area contributed by atoms with Gasteiger partial charge in [0, 0.05) is 12.5 Å². The van der Waals surface area contributed by atoms with E-state index in [1.807, 2.05) is 24.3 Å². The maximum absolute atomic E-state index is 12.7. The number of β-amino-alcohol motifs (C(OH)–C–C–N with tert-alkyl or cyclic N) is 1. The second-order valence-electron chi connectivity index (χ2n) is 9.03. The first-order valence-electron chi connectivity index (χ1n) is 10.5. The Morgan fingerprint density at radius 1 is 1.03 bits per heavy atom. The molecule has 0 aromatic heterocycles. The SMILES string of the molecule is CC(C)(C)OC(=O)N[C@@H]1CN(C(=O)OCC2c3ccccc3-c3ccccc32)C[C@H]1O. The number of hydrogen-bond acceptors (Lipinski definition) is 5. The van der Waals surface area contributed by atoms with E-state index in [-0.39, 0.29) is 25.6 Å². The van der Waals surface area contributed by atoms with Crippen LogP contribution in [0, 0.1) is 0 Å². The van der Waals surface area contributed by atoms with E-state index in [9.17, 15) is 14.7 Å². The number of nitrogens with zero attached hydrogens (tertiary/aromatic N) is 1. The number of fused-ring (bicyclic) bond motifs is 3. The Kier molecular flexibility index (Phi) is 5.62. The van der Waals surface area contributed by atoms with Gasteiger partial charge in [-0.25, -0.2) is 9.59 Å². The van der Waals surface area contributed by atoms with Crippen LogP contribution < -0.4 is 5.32 Å². The van der Waals surface area contributed by atoms with Crippen molar-refractivity contribution in [2.24, 2.45) is 0 Å². The zero-order valence-electron chi connectivity index (χ0n) is 18.0. The van der Waals surface area contributed by atoms with E-state index in [1.54, 1.807) is 20.8 Å². The lowest BCUT2D eigenvalue weighted by Crippen LogP contribution is -2.45. The largest absolute Gasteiger partial charge is 0.448 e. The molecule has 7 heteroatoms. The highest BCUT2D eigenvalue weighted by Crippen LogP contribution is 2.44. The van der Waals surface area contributed by atoms with Crippen molar-refractivity contribution >= 4 is 12.2 Å². The first-order valence-corrected chi connectivity index (χ1v) is 10.5. The van der Waals surface area contributed by atoms with Gasteiger partial charge in [-0.1, -0.05) is 48.5 Å². The highest BCUT2D eigenvalue weighted by molar-refractivity contribution is 5.79. The van der Waals surface area contributed by atoms with Crippen molar-refractivity contribution in [3.63, 3.8) is 0 Å². The summed E-state index contributed by atoms with van der Waals surface area (Å²) in [6.45, 7) is 5.76. The summed E-state index contributed by atoms with van der Waals surface area (Å²) < 4.78 is 10.9. The third-order valence-electron chi connectivity index (χ3n) is 5.59.